The lowest BCUT2D eigenvalue weighted by Crippen LogP contribution is -2.54. The van der Waals surface area contributed by atoms with Gasteiger partial charge in [0.05, 0.1) is 31.1 Å². The van der Waals surface area contributed by atoms with E-state index in [1.54, 1.807) is 0 Å². The van der Waals surface area contributed by atoms with Gasteiger partial charge in [-0.2, -0.15) is 0 Å². The number of amides is 2. The fourth-order valence-corrected chi connectivity index (χ4v) is 6.10. The van der Waals surface area contributed by atoms with Crippen LogP contribution in [0.5, 0.6) is 5.75 Å². The minimum Gasteiger partial charge on any atom is -0.505 e. The highest BCUT2D eigenvalue weighted by Crippen LogP contribution is 2.58. The number of carbonyl (C=O) groups excluding carboxylic acids is 2. The molecule has 1 saturated carbocycles. The Morgan fingerprint density at radius 2 is 2.03 bits per heavy atom. The molecular weight excluding hydrogens is 425 g/mol. The summed E-state index contributed by atoms with van der Waals surface area (Å²) in [6, 6.07) is 7.55. The van der Waals surface area contributed by atoms with Crippen LogP contribution in [0.3, 0.4) is 0 Å². The molecule has 31 heavy (non-hydrogen) atoms. The van der Waals surface area contributed by atoms with Crippen molar-refractivity contribution in [2.45, 2.75) is 31.3 Å². The van der Waals surface area contributed by atoms with Gasteiger partial charge in [0.25, 0.3) is 0 Å². The van der Waals surface area contributed by atoms with Crippen LogP contribution in [0, 0.1) is 29.5 Å². The number of hydrogen-bond donors (Lipinski definition) is 3. The number of aliphatic hydroxyl groups excluding tert-OH is 1. The molecule has 3 fully saturated rings. The van der Waals surface area contributed by atoms with E-state index >= 15 is 0 Å². The maximum atomic E-state index is 13.9. The van der Waals surface area contributed by atoms with E-state index in [9.17, 15) is 29.3 Å². The van der Waals surface area contributed by atoms with Crippen molar-refractivity contribution < 1.29 is 34.0 Å². The summed E-state index contributed by atoms with van der Waals surface area (Å²) >= 11 is 1.45. The maximum Gasteiger partial charge on any atom is 0.233 e. The number of nitrogens with zero attached hydrogens (tertiary/aromatic N) is 1. The van der Waals surface area contributed by atoms with Crippen molar-refractivity contribution in [3.63, 3.8) is 0 Å². The molecular formula is C22H22FNO6S. The van der Waals surface area contributed by atoms with Gasteiger partial charge in [0.2, 0.25) is 11.8 Å². The van der Waals surface area contributed by atoms with E-state index in [0.717, 1.165) is 10.9 Å². The van der Waals surface area contributed by atoms with Crippen LogP contribution in [0.4, 0.5) is 4.39 Å². The number of aliphatic hydroxyl groups is 2. The molecule has 0 radical (unpaired) electrons. The molecule has 2 amide bonds. The Balaban J connectivity index is 1.48. The number of ether oxygens (including phenoxy) is 1. The smallest absolute Gasteiger partial charge is 0.233 e. The Morgan fingerprint density at radius 3 is 2.71 bits per heavy atom. The van der Waals surface area contributed by atoms with Gasteiger partial charge in [0.15, 0.2) is 17.4 Å². The highest BCUT2D eigenvalue weighted by molar-refractivity contribution is 7.09. The number of thiophene rings is 1. The van der Waals surface area contributed by atoms with Crippen LogP contribution in [0.15, 0.2) is 35.7 Å². The third-order valence-corrected chi connectivity index (χ3v) is 7.77. The van der Waals surface area contributed by atoms with E-state index in [2.05, 4.69) is 0 Å². The van der Waals surface area contributed by atoms with E-state index in [0.29, 0.717) is 5.56 Å². The van der Waals surface area contributed by atoms with Gasteiger partial charge < -0.3 is 20.1 Å². The predicted octanol–water partition coefficient (Wildman–Crippen LogP) is 2.17. The highest BCUT2D eigenvalue weighted by Gasteiger charge is 2.66. The van der Waals surface area contributed by atoms with Crippen molar-refractivity contribution in [3.8, 4) is 5.75 Å². The van der Waals surface area contributed by atoms with Gasteiger partial charge in [-0.3, -0.25) is 14.5 Å². The molecule has 3 heterocycles. The number of halogens is 1. The quantitative estimate of drug-likeness (QED) is 0.620. The molecule has 0 unspecified atom stereocenters. The Labute approximate surface area is 181 Å². The first kappa shape index (κ1) is 20.6. The molecule has 1 aromatic carbocycles. The summed E-state index contributed by atoms with van der Waals surface area (Å²) in [7, 11) is 0. The number of imide groups is 1. The van der Waals surface area contributed by atoms with Crippen LogP contribution in [0.25, 0.3) is 0 Å². The summed E-state index contributed by atoms with van der Waals surface area (Å²) in [5.74, 6) is -6.59. The van der Waals surface area contributed by atoms with Crippen LogP contribution in [0.2, 0.25) is 0 Å². The number of benzene rings is 1. The number of aromatic hydroxyl groups is 1. The zero-order valence-electron chi connectivity index (χ0n) is 16.5. The molecule has 2 aromatic rings. The van der Waals surface area contributed by atoms with E-state index in [-0.39, 0.29) is 31.2 Å². The SMILES string of the molecule is O=C1[C@H]2[C@H](C[C@H](CO)[C@@]3(O)O[C@H](c4ccc(O)c(F)c4)C[C@@H]23)C(=O)N1Cc1cccs1. The number of fused-ring (bicyclic) bond motifs is 3. The molecule has 3 N–H and O–H groups in total. The Kier molecular flexibility index (Phi) is 4.89. The molecule has 1 aromatic heterocycles. The number of likely N-dealkylation sites (tertiary alicyclic amines) is 1. The van der Waals surface area contributed by atoms with Crippen LogP contribution in [-0.4, -0.2) is 44.4 Å². The lowest BCUT2D eigenvalue weighted by molar-refractivity contribution is -0.274. The fourth-order valence-electron chi connectivity index (χ4n) is 5.40. The first-order valence-corrected chi connectivity index (χ1v) is 11.1. The van der Waals surface area contributed by atoms with E-state index in [1.165, 1.54) is 28.4 Å². The van der Waals surface area contributed by atoms with Gasteiger partial charge in [-0.05, 0) is 42.0 Å². The van der Waals surface area contributed by atoms with Crippen molar-refractivity contribution in [2.24, 2.45) is 23.7 Å². The Hall–Kier alpha value is -2.33. The number of rotatable bonds is 4. The van der Waals surface area contributed by atoms with E-state index in [1.807, 2.05) is 17.5 Å². The number of hydrogen-bond acceptors (Lipinski definition) is 7. The molecule has 5 rings (SSSR count). The molecule has 164 valence electrons. The van der Waals surface area contributed by atoms with Crippen LogP contribution in [-0.2, 0) is 20.9 Å². The molecule has 3 aliphatic rings. The van der Waals surface area contributed by atoms with Crippen molar-refractivity contribution in [3.05, 3.63) is 52.0 Å². The maximum absolute atomic E-state index is 13.9. The zero-order chi connectivity index (χ0) is 21.9. The van der Waals surface area contributed by atoms with E-state index in [4.69, 9.17) is 4.74 Å². The topological polar surface area (TPSA) is 107 Å². The molecule has 6 atom stereocenters. The molecule has 9 heteroatoms. The summed E-state index contributed by atoms with van der Waals surface area (Å²) in [5, 5.41) is 32.7. The molecule has 1 aliphatic carbocycles. The van der Waals surface area contributed by atoms with Gasteiger partial charge in [0, 0.05) is 16.7 Å². The van der Waals surface area contributed by atoms with Crippen LogP contribution >= 0.6 is 11.3 Å². The monoisotopic (exact) mass is 447 g/mol. The average Bonchev–Trinajstić information content (AvgIpc) is 3.44. The minimum absolute atomic E-state index is 0.135. The van der Waals surface area contributed by atoms with Crippen LogP contribution < -0.4 is 0 Å². The van der Waals surface area contributed by atoms with Crippen LogP contribution in [0.1, 0.15) is 29.4 Å². The first-order chi connectivity index (χ1) is 14.8. The highest BCUT2D eigenvalue weighted by atomic mass is 32.1. The first-order valence-electron chi connectivity index (χ1n) is 10.2. The van der Waals surface area contributed by atoms with Gasteiger partial charge in [-0.25, -0.2) is 4.39 Å². The second kappa shape index (κ2) is 7.37. The van der Waals surface area contributed by atoms with Crippen molar-refractivity contribution >= 4 is 23.2 Å². The minimum atomic E-state index is -1.80. The number of phenolic OH excluding ortho intramolecular Hbond substituents is 1. The standard InChI is InChI=1S/C22H22FNO6S/c23-16-6-11(3-4-17(16)26)18-8-15-19-14(7-12(10-25)22(15,29)30-18)20(27)24(21(19)28)9-13-2-1-5-31-13/h1-6,12,14-15,18-19,25-26,29H,7-10H2/t12-,14+,15+,18+,19+,22-/m1/s1. The van der Waals surface area contributed by atoms with Gasteiger partial charge >= 0.3 is 0 Å². The summed E-state index contributed by atoms with van der Waals surface area (Å²) in [6.07, 6.45) is -0.396. The lowest BCUT2D eigenvalue weighted by atomic mass is 9.64. The van der Waals surface area contributed by atoms with Crippen molar-refractivity contribution in [1.29, 1.82) is 0 Å². The third kappa shape index (κ3) is 3.10. The second-order valence-corrected chi connectivity index (χ2v) is 9.53. The van der Waals surface area contributed by atoms with Crippen molar-refractivity contribution in [1.82, 2.24) is 4.90 Å². The molecule has 2 aliphatic heterocycles. The Bertz CT molecular complexity index is 1030. The Morgan fingerprint density at radius 1 is 1.23 bits per heavy atom. The number of phenols is 1. The summed E-state index contributed by atoms with van der Waals surface area (Å²) in [5.41, 5.74) is 0.415. The van der Waals surface area contributed by atoms with E-state index < -0.39 is 53.7 Å². The molecule has 7 nitrogen and oxygen atoms in total. The van der Waals surface area contributed by atoms with Gasteiger partial charge in [-0.1, -0.05) is 12.1 Å². The largest absolute Gasteiger partial charge is 0.505 e. The normalized spacial score (nSPS) is 34.8. The number of carbonyl (C=O) groups is 2. The third-order valence-electron chi connectivity index (χ3n) is 6.91. The summed E-state index contributed by atoms with van der Waals surface area (Å²) in [6.45, 7) is -0.218. The fraction of sp³-hybridized carbons (Fsp3) is 0.455. The lowest BCUT2D eigenvalue weighted by Gasteiger charge is -2.44. The molecule has 2 saturated heterocycles. The summed E-state index contributed by atoms with van der Waals surface area (Å²) in [4.78, 5) is 28.5. The second-order valence-electron chi connectivity index (χ2n) is 8.50. The predicted molar refractivity (Wildman–Crippen MR) is 107 cm³/mol. The zero-order valence-corrected chi connectivity index (χ0v) is 17.3. The summed E-state index contributed by atoms with van der Waals surface area (Å²) < 4.78 is 19.8. The molecule has 0 bridgehead atoms. The van der Waals surface area contributed by atoms with Crippen molar-refractivity contribution in [2.75, 3.05) is 6.61 Å². The average molecular weight is 447 g/mol. The van der Waals surface area contributed by atoms with Gasteiger partial charge in [0.1, 0.15) is 0 Å². The van der Waals surface area contributed by atoms with Gasteiger partial charge in [-0.15, -0.1) is 11.3 Å². The molecule has 0 spiro atoms.